The number of allylic oxidation sites excluding steroid dienone is 1. The summed E-state index contributed by atoms with van der Waals surface area (Å²) < 4.78 is 38.6. The molecule has 0 N–H and O–H groups in total. The maximum atomic E-state index is 14.4. The minimum atomic E-state index is -1.36. The van der Waals surface area contributed by atoms with Gasteiger partial charge >= 0.3 is 11.9 Å². The molecule has 0 unspecified atom stereocenters. The number of ether oxygens (including phenoxy) is 2. The Kier molecular flexibility index (Phi) is 9.22. The van der Waals surface area contributed by atoms with Crippen molar-refractivity contribution in [3.63, 3.8) is 0 Å². The first kappa shape index (κ1) is 29.8. The number of esters is 2. The number of hydrogen-bond donors (Lipinski definition) is 0. The average Bonchev–Trinajstić information content (AvgIpc) is 2.97. The zero-order valence-electron chi connectivity index (χ0n) is 23.2. The lowest BCUT2D eigenvalue weighted by atomic mass is 9.98. The summed E-state index contributed by atoms with van der Waals surface area (Å²) in [5, 5.41) is 1.93. The molecule has 5 nitrogen and oxygen atoms in total. The zero-order chi connectivity index (χ0) is 30.4. The SMILES string of the molecule is C=C(C)C(=O)Cc1ccc(-c2ccc3cc(/C=C/C(=O)Oc4ccc(COC(=O)C(=C)C)c(F)c4F)ccc3c2)cc1. The molecule has 0 saturated carbocycles. The van der Waals surface area contributed by atoms with Gasteiger partial charge in [0, 0.05) is 23.6 Å². The first-order valence-corrected chi connectivity index (χ1v) is 13.0. The highest BCUT2D eigenvalue weighted by Crippen LogP contribution is 2.27. The number of ketones is 1. The number of carbonyl (C=O) groups excluding carboxylic acids is 3. The number of rotatable bonds is 10. The third kappa shape index (κ3) is 7.31. The van der Waals surface area contributed by atoms with Crippen molar-refractivity contribution >= 4 is 34.6 Å². The van der Waals surface area contributed by atoms with Gasteiger partial charge in [-0.25, -0.2) is 14.0 Å². The van der Waals surface area contributed by atoms with E-state index >= 15 is 0 Å². The fraction of sp³-hybridized carbons (Fsp3) is 0.114. The molecule has 0 aliphatic heterocycles. The van der Waals surface area contributed by atoms with Crippen molar-refractivity contribution in [2.45, 2.75) is 26.9 Å². The third-order valence-corrected chi connectivity index (χ3v) is 6.45. The summed E-state index contributed by atoms with van der Waals surface area (Å²) in [4.78, 5) is 35.7. The lowest BCUT2D eigenvalue weighted by Crippen LogP contribution is -2.09. The normalized spacial score (nSPS) is 11.0. The molecular weight excluding hydrogens is 538 g/mol. The second kappa shape index (κ2) is 13.0. The van der Waals surface area contributed by atoms with Crippen molar-refractivity contribution in [1.82, 2.24) is 0 Å². The Bertz CT molecular complexity index is 1750. The molecule has 0 aromatic heterocycles. The molecule has 0 amide bonds. The molecule has 0 aliphatic carbocycles. The highest BCUT2D eigenvalue weighted by molar-refractivity contribution is 5.96. The van der Waals surface area contributed by atoms with Crippen LogP contribution in [0.25, 0.3) is 28.0 Å². The van der Waals surface area contributed by atoms with Crippen molar-refractivity contribution in [3.05, 3.63) is 132 Å². The molecule has 0 spiro atoms. The van der Waals surface area contributed by atoms with Crippen LogP contribution in [0.4, 0.5) is 8.78 Å². The van der Waals surface area contributed by atoms with Crippen LogP contribution in [-0.4, -0.2) is 17.7 Å². The topological polar surface area (TPSA) is 69.7 Å². The summed E-state index contributed by atoms with van der Waals surface area (Å²) in [5.74, 6) is -4.83. The van der Waals surface area contributed by atoms with Gasteiger partial charge in [0.25, 0.3) is 0 Å². The van der Waals surface area contributed by atoms with E-state index < -0.39 is 35.9 Å². The molecule has 0 atom stereocenters. The van der Waals surface area contributed by atoms with E-state index in [1.54, 1.807) is 6.92 Å². The van der Waals surface area contributed by atoms with Gasteiger partial charge in [-0.2, -0.15) is 4.39 Å². The van der Waals surface area contributed by atoms with Gasteiger partial charge in [-0.3, -0.25) is 4.79 Å². The standard InChI is InChI=1S/C35H28F2O5/c1-21(2)30(38)18-24-5-9-25(10-6-24)27-13-12-26-17-23(7-11-28(26)19-27)8-16-32(39)42-31-15-14-29(33(36)34(31)37)20-41-35(40)22(3)4/h5-17,19H,1,3,18,20H2,2,4H3/b16-8+. The third-order valence-electron chi connectivity index (χ3n) is 6.45. The Morgan fingerprint density at radius 3 is 2.14 bits per heavy atom. The Balaban J connectivity index is 1.41. The molecule has 0 heterocycles. The van der Waals surface area contributed by atoms with Crippen LogP contribution in [0.2, 0.25) is 0 Å². The molecule has 0 saturated heterocycles. The average molecular weight is 567 g/mol. The molecule has 7 heteroatoms. The maximum absolute atomic E-state index is 14.4. The van der Waals surface area contributed by atoms with Crippen LogP contribution in [-0.2, 0) is 32.1 Å². The Hall–Kier alpha value is -5.17. The van der Waals surface area contributed by atoms with Gasteiger partial charge in [-0.05, 0) is 82.8 Å². The summed E-state index contributed by atoms with van der Waals surface area (Å²) in [7, 11) is 0. The van der Waals surface area contributed by atoms with Gasteiger partial charge in [0.2, 0.25) is 5.82 Å². The quantitative estimate of drug-likeness (QED) is 0.112. The smallest absolute Gasteiger partial charge is 0.336 e. The van der Waals surface area contributed by atoms with E-state index in [-0.39, 0.29) is 16.9 Å². The van der Waals surface area contributed by atoms with Crippen LogP contribution in [0.5, 0.6) is 5.75 Å². The van der Waals surface area contributed by atoms with Crippen molar-refractivity contribution in [2.24, 2.45) is 0 Å². The second-order valence-corrected chi connectivity index (χ2v) is 9.86. The Morgan fingerprint density at radius 2 is 1.45 bits per heavy atom. The van der Waals surface area contributed by atoms with Crippen LogP contribution in [0, 0.1) is 11.6 Å². The highest BCUT2D eigenvalue weighted by atomic mass is 19.2. The van der Waals surface area contributed by atoms with E-state index in [9.17, 15) is 23.2 Å². The van der Waals surface area contributed by atoms with Crippen LogP contribution < -0.4 is 4.74 Å². The maximum Gasteiger partial charge on any atom is 0.336 e. The predicted octanol–water partition coefficient (Wildman–Crippen LogP) is 7.71. The lowest BCUT2D eigenvalue weighted by molar-refractivity contribution is -0.140. The summed E-state index contributed by atoms with van der Waals surface area (Å²) in [6, 6.07) is 21.7. The number of halogens is 2. The number of Topliss-reactive ketones (excluding diaryl/α,β-unsaturated/α-hetero) is 1. The van der Waals surface area contributed by atoms with E-state index in [2.05, 4.69) is 13.2 Å². The van der Waals surface area contributed by atoms with E-state index in [0.29, 0.717) is 17.6 Å². The predicted molar refractivity (Wildman–Crippen MR) is 159 cm³/mol. The summed E-state index contributed by atoms with van der Waals surface area (Å²) in [6.45, 7) is 9.76. The number of hydrogen-bond acceptors (Lipinski definition) is 5. The Morgan fingerprint density at radius 1 is 0.786 bits per heavy atom. The highest BCUT2D eigenvalue weighted by Gasteiger charge is 2.17. The van der Waals surface area contributed by atoms with Gasteiger partial charge in [-0.1, -0.05) is 61.7 Å². The monoisotopic (exact) mass is 566 g/mol. The fourth-order valence-corrected chi connectivity index (χ4v) is 4.03. The molecule has 4 rings (SSSR count). The molecule has 4 aromatic rings. The number of carbonyl (C=O) groups is 3. The van der Waals surface area contributed by atoms with E-state index in [4.69, 9.17) is 9.47 Å². The summed E-state index contributed by atoms with van der Waals surface area (Å²) >= 11 is 0. The largest absolute Gasteiger partial charge is 0.457 e. The van der Waals surface area contributed by atoms with Crippen molar-refractivity contribution in [2.75, 3.05) is 0 Å². The van der Waals surface area contributed by atoms with Crippen molar-refractivity contribution < 1.29 is 32.6 Å². The molecule has 0 fully saturated rings. The minimum absolute atomic E-state index is 0.0158. The Labute approximate surface area is 242 Å². The summed E-state index contributed by atoms with van der Waals surface area (Å²) in [6.07, 6.45) is 2.96. The summed E-state index contributed by atoms with van der Waals surface area (Å²) in [5.41, 5.74) is 4.12. The molecular formula is C35H28F2O5. The van der Waals surface area contributed by atoms with E-state index in [0.717, 1.165) is 39.6 Å². The first-order chi connectivity index (χ1) is 20.0. The van der Waals surface area contributed by atoms with Crippen molar-refractivity contribution in [1.29, 1.82) is 0 Å². The molecule has 212 valence electrons. The van der Waals surface area contributed by atoms with Crippen LogP contribution in [0.15, 0.2) is 103 Å². The van der Waals surface area contributed by atoms with Gasteiger partial charge in [0.05, 0.1) is 0 Å². The zero-order valence-corrected chi connectivity index (χ0v) is 23.2. The molecule has 4 aromatic carbocycles. The van der Waals surface area contributed by atoms with Crippen LogP contribution >= 0.6 is 0 Å². The molecule has 42 heavy (non-hydrogen) atoms. The van der Waals surface area contributed by atoms with E-state index in [1.807, 2.05) is 60.7 Å². The molecule has 0 aliphatic rings. The van der Waals surface area contributed by atoms with E-state index in [1.165, 1.54) is 19.1 Å². The second-order valence-electron chi connectivity index (χ2n) is 9.86. The number of benzene rings is 4. The van der Waals surface area contributed by atoms with Crippen molar-refractivity contribution in [3.8, 4) is 16.9 Å². The molecule has 0 radical (unpaired) electrons. The minimum Gasteiger partial charge on any atom is -0.457 e. The van der Waals surface area contributed by atoms with Gasteiger partial charge in [0.1, 0.15) is 6.61 Å². The van der Waals surface area contributed by atoms with Gasteiger partial charge < -0.3 is 9.47 Å². The van der Waals surface area contributed by atoms with Crippen LogP contribution in [0.3, 0.4) is 0 Å². The fourth-order valence-electron chi connectivity index (χ4n) is 4.03. The lowest BCUT2D eigenvalue weighted by Gasteiger charge is -2.09. The van der Waals surface area contributed by atoms with Crippen LogP contribution in [0.1, 0.15) is 30.5 Å². The first-order valence-electron chi connectivity index (χ1n) is 13.0. The molecule has 0 bridgehead atoms. The number of fused-ring (bicyclic) bond motifs is 1. The van der Waals surface area contributed by atoms with Gasteiger partial charge in [0.15, 0.2) is 17.3 Å². The van der Waals surface area contributed by atoms with Gasteiger partial charge in [-0.15, -0.1) is 0 Å².